The topological polar surface area (TPSA) is 62.7 Å². The first kappa shape index (κ1) is 17.3. The number of nitrogens with zero attached hydrogens (tertiary/aromatic N) is 2. The summed E-state index contributed by atoms with van der Waals surface area (Å²) in [6.45, 7) is 6.93. The number of H-pyrrole nitrogens is 1. The van der Waals surface area contributed by atoms with Gasteiger partial charge < -0.3 is 14.9 Å². The summed E-state index contributed by atoms with van der Waals surface area (Å²) in [7, 11) is 1.97. The molecule has 5 nitrogen and oxygen atoms in total. The van der Waals surface area contributed by atoms with Gasteiger partial charge in [0.1, 0.15) is 11.5 Å². The number of carbonyl (C=O) groups excluding carboxylic acids is 1. The van der Waals surface area contributed by atoms with Gasteiger partial charge in [0.05, 0.1) is 17.6 Å². The average Bonchev–Trinajstić information content (AvgIpc) is 3.20. The van der Waals surface area contributed by atoms with E-state index in [1.165, 1.54) is 5.56 Å². The van der Waals surface area contributed by atoms with Crippen LogP contribution in [0.5, 0.6) is 0 Å². The number of aromatic amines is 1. The van der Waals surface area contributed by atoms with E-state index in [0.717, 1.165) is 27.8 Å². The van der Waals surface area contributed by atoms with Crippen molar-refractivity contribution < 1.29 is 4.79 Å². The molecule has 2 aromatic heterocycles. The molecule has 0 unspecified atom stereocenters. The Hall–Kier alpha value is -3.08. The molecular weight excluding hydrogens is 336 g/mol. The summed E-state index contributed by atoms with van der Waals surface area (Å²) in [6, 6.07) is 16.2. The van der Waals surface area contributed by atoms with Crippen LogP contribution in [-0.4, -0.2) is 20.4 Å². The molecule has 0 aliphatic carbocycles. The van der Waals surface area contributed by atoms with Crippen LogP contribution in [0.4, 0.5) is 0 Å². The van der Waals surface area contributed by atoms with Crippen molar-refractivity contribution in [3.05, 3.63) is 65.6 Å². The van der Waals surface area contributed by atoms with Gasteiger partial charge in [0.15, 0.2) is 0 Å². The van der Waals surface area contributed by atoms with Crippen LogP contribution >= 0.6 is 0 Å². The maximum Gasteiger partial charge on any atom is 0.268 e. The molecule has 1 amide bonds. The van der Waals surface area contributed by atoms with Crippen molar-refractivity contribution in [1.82, 2.24) is 19.9 Å². The van der Waals surface area contributed by atoms with Crippen LogP contribution in [0, 0.1) is 0 Å². The smallest absolute Gasteiger partial charge is 0.268 e. The Morgan fingerprint density at radius 3 is 2.67 bits per heavy atom. The van der Waals surface area contributed by atoms with Crippen LogP contribution in [0.3, 0.4) is 0 Å². The summed E-state index contributed by atoms with van der Waals surface area (Å²) in [4.78, 5) is 20.5. The minimum atomic E-state index is -0.129. The van der Waals surface area contributed by atoms with Gasteiger partial charge in [0.2, 0.25) is 0 Å². The van der Waals surface area contributed by atoms with Gasteiger partial charge in [-0.1, -0.05) is 45.0 Å². The summed E-state index contributed by atoms with van der Waals surface area (Å²) in [6.07, 6.45) is 0. The molecule has 0 aliphatic rings. The number of benzene rings is 2. The van der Waals surface area contributed by atoms with Crippen molar-refractivity contribution in [2.45, 2.75) is 32.7 Å². The van der Waals surface area contributed by atoms with E-state index in [4.69, 9.17) is 0 Å². The van der Waals surface area contributed by atoms with E-state index in [1.54, 1.807) is 0 Å². The summed E-state index contributed by atoms with van der Waals surface area (Å²) < 4.78 is 2.01. The quantitative estimate of drug-likeness (QED) is 0.573. The standard InChI is InChI=1S/C22H24N4O/c1-22(2,3)15-10-9-14-11-18(24-17(14)12-15)21(27)23-13-20-25-16-7-5-6-8-19(16)26(20)4/h5-12,24H,13H2,1-4H3,(H,23,27). The third kappa shape index (κ3) is 3.21. The highest BCUT2D eigenvalue weighted by Gasteiger charge is 2.16. The van der Waals surface area contributed by atoms with E-state index in [0.29, 0.717) is 12.2 Å². The van der Waals surface area contributed by atoms with Crippen LogP contribution in [0.15, 0.2) is 48.5 Å². The van der Waals surface area contributed by atoms with Gasteiger partial charge in [0, 0.05) is 18.0 Å². The lowest BCUT2D eigenvalue weighted by Gasteiger charge is -2.18. The van der Waals surface area contributed by atoms with Crippen LogP contribution < -0.4 is 5.32 Å². The highest BCUT2D eigenvalue weighted by atomic mass is 16.1. The molecule has 0 bridgehead atoms. The summed E-state index contributed by atoms with van der Waals surface area (Å²) in [5, 5.41) is 4.01. The van der Waals surface area contributed by atoms with E-state index in [1.807, 2.05) is 41.9 Å². The molecule has 0 atom stereocenters. The zero-order valence-corrected chi connectivity index (χ0v) is 16.1. The fourth-order valence-electron chi connectivity index (χ4n) is 3.32. The highest BCUT2D eigenvalue weighted by Crippen LogP contribution is 2.26. The third-order valence-corrected chi connectivity index (χ3v) is 5.02. The van der Waals surface area contributed by atoms with E-state index >= 15 is 0 Å². The maximum absolute atomic E-state index is 12.6. The molecule has 2 N–H and O–H groups in total. The van der Waals surface area contributed by atoms with E-state index < -0.39 is 0 Å². The summed E-state index contributed by atoms with van der Waals surface area (Å²) in [5.74, 6) is 0.700. The minimum absolute atomic E-state index is 0.0714. The van der Waals surface area contributed by atoms with Crippen molar-refractivity contribution in [2.75, 3.05) is 0 Å². The Morgan fingerprint density at radius 2 is 1.93 bits per heavy atom. The van der Waals surface area contributed by atoms with Gasteiger partial charge in [-0.05, 0) is 35.2 Å². The van der Waals surface area contributed by atoms with E-state index in [9.17, 15) is 4.79 Å². The molecular formula is C22H24N4O. The first-order valence-corrected chi connectivity index (χ1v) is 9.15. The zero-order chi connectivity index (χ0) is 19.2. The molecule has 5 heteroatoms. The summed E-state index contributed by atoms with van der Waals surface area (Å²) >= 11 is 0. The number of fused-ring (bicyclic) bond motifs is 2. The monoisotopic (exact) mass is 360 g/mol. The van der Waals surface area contributed by atoms with Gasteiger partial charge in [-0.2, -0.15) is 0 Å². The second-order valence-corrected chi connectivity index (χ2v) is 7.99. The van der Waals surface area contributed by atoms with Crippen molar-refractivity contribution in [2.24, 2.45) is 7.05 Å². The molecule has 0 fully saturated rings. The van der Waals surface area contributed by atoms with E-state index in [-0.39, 0.29) is 11.3 Å². The number of para-hydroxylation sites is 2. The van der Waals surface area contributed by atoms with Gasteiger partial charge in [-0.3, -0.25) is 4.79 Å². The third-order valence-electron chi connectivity index (χ3n) is 5.02. The van der Waals surface area contributed by atoms with Crippen molar-refractivity contribution in [3.63, 3.8) is 0 Å². The van der Waals surface area contributed by atoms with Gasteiger partial charge in [-0.15, -0.1) is 0 Å². The first-order chi connectivity index (χ1) is 12.8. The molecule has 0 radical (unpaired) electrons. The number of imidazole rings is 1. The number of aryl methyl sites for hydroxylation is 1. The molecule has 0 saturated heterocycles. The molecule has 4 rings (SSSR count). The van der Waals surface area contributed by atoms with Crippen molar-refractivity contribution in [1.29, 1.82) is 0 Å². The molecule has 2 aromatic carbocycles. The minimum Gasteiger partial charge on any atom is -0.351 e. The Morgan fingerprint density at radius 1 is 1.15 bits per heavy atom. The molecule has 27 heavy (non-hydrogen) atoms. The Labute approximate surface area is 158 Å². The van der Waals surface area contributed by atoms with Crippen LogP contribution in [0.25, 0.3) is 21.9 Å². The Kier molecular flexibility index (Phi) is 4.02. The molecule has 2 heterocycles. The fourth-order valence-corrected chi connectivity index (χ4v) is 3.32. The molecule has 0 aliphatic heterocycles. The lowest BCUT2D eigenvalue weighted by Crippen LogP contribution is -2.24. The number of amides is 1. The van der Waals surface area contributed by atoms with Crippen LogP contribution in [0.1, 0.15) is 42.6 Å². The lowest BCUT2D eigenvalue weighted by molar-refractivity contribution is 0.0945. The Balaban J connectivity index is 1.54. The first-order valence-electron chi connectivity index (χ1n) is 9.15. The normalized spacial score (nSPS) is 12.0. The largest absolute Gasteiger partial charge is 0.351 e. The van der Waals surface area contributed by atoms with Crippen LogP contribution in [-0.2, 0) is 19.0 Å². The molecule has 138 valence electrons. The second kappa shape index (κ2) is 6.27. The molecule has 4 aromatic rings. The number of hydrogen-bond acceptors (Lipinski definition) is 2. The Bertz CT molecular complexity index is 1140. The number of hydrogen-bond donors (Lipinski definition) is 2. The number of rotatable bonds is 3. The van der Waals surface area contributed by atoms with E-state index in [2.05, 4.69) is 54.3 Å². The van der Waals surface area contributed by atoms with Gasteiger partial charge in [-0.25, -0.2) is 4.98 Å². The predicted molar refractivity (Wildman–Crippen MR) is 109 cm³/mol. The molecule has 0 spiro atoms. The van der Waals surface area contributed by atoms with Crippen molar-refractivity contribution in [3.8, 4) is 0 Å². The zero-order valence-electron chi connectivity index (χ0n) is 16.1. The van der Waals surface area contributed by atoms with Gasteiger partial charge in [0.25, 0.3) is 5.91 Å². The SMILES string of the molecule is Cn1c(CNC(=O)c2cc3ccc(C(C)(C)C)cc3[nH]2)nc2ccccc21. The average molecular weight is 360 g/mol. The van der Waals surface area contributed by atoms with Gasteiger partial charge >= 0.3 is 0 Å². The predicted octanol–water partition coefficient (Wildman–Crippen LogP) is 4.28. The molecule has 0 saturated carbocycles. The summed E-state index contributed by atoms with van der Waals surface area (Å²) in [5.41, 5.74) is 4.85. The highest BCUT2D eigenvalue weighted by molar-refractivity contribution is 5.98. The fraction of sp³-hybridized carbons (Fsp3) is 0.273. The van der Waals surface area contributed by atoms with Crippen LogP contribution in [0.2, 0.25) is 0 Å². The lowest BCUT2D eigenvalue weighted by atomic mass is 9.87. The number of carbonyl (C=O) groups is 1. The number of nitrogens with one attached hydrogen (secondary N) is 2. The number of aromatic nitrogens is 3. The van der Waals surface area contributed by atoms with Crippen molar-refractivity contribution >= 4 is 27.8 Å². The maximum atomic E-state index is 12.6. The second-order valence-electron chi connectivity index (χ2n) is 7.99.